The molecule has 2 aromatic rings. The Morgan fingerprint density at radius 1 is 0.967 bits per heavy atom. The molecule has 0 spiro atoms. The van der Waals surface area contributed by atoms with E-state index in [1.165, 1.54) is 19.2 Å². The van der Waals surface area contributed by atoms with E-state index in [1.807, 2.05) is 0 Å². The van der Waals surface area contributed by atoms with Gasteiger partial charge in [-0.05, 0) is 10.5 Å². The normalized spacial score (nSPS) is 8.63. The summed E-state index contributed by atoms with van der Waals surface area (Å²) in [5, 5.41) is 0. The Labute approximate surface area is 191 Å². The van der Waals surface area contributed by atoms with Crippen LogP contribution >= 0.6 is 0 Å². The van der Waals surface area contributed by atoms with Crippen molar-refractivity contribution in [2.45, 2.75) is 11.8 Å². The van der Waals surface area contributed by atoms with Crippen molar-refractivity contribution in [2.75, 3.05) is 7.11 Å². The molecule has 0 fully saturated rings. The standard InChI is InChI=1S/C8H6O5S.C8H7O2.C2H5.2Co.2O/c1-13-8(9)6-3-2-4-7(5-6)14(10,11)12;1-10-8(9)7-5-3-2-4-6-7;1-2;;;;/h2-3,5H,1H2,(H,10,11,12);3-6H,1H3;1H2,2H3;;;;/q-2;2*-1;;;;. The zero-order valence-electron chi connectivity index (χ0n) is 15.7. The number of hydrogen-bond donors (Lipinski definition) is 1. The molecule has 0 heterocycles. The van der Waals surface area contributed by atoms with Crippen molar-refractivity contribution in [2.24, 2.45) is 0 Å². The molecule has 0 aliphatic rings. The molecule has 0 aliphatic heterocycles. The quantitative estimate of drug-likeness (QED) is 0.362. The molecule has 0 saturated carbocycles. The van der Waals surface area contributed by atoms with E-state index in [-0.39, 0.29) is 11.5 Å². The SMILES string of the molecule is COC(=O)c1cc[c-]cc1.[CH2-]C.[CH2-]OC(=O)c1cc[c-]c(S(=O)(=O)O)c1.[O]=[Co].[O]=[Co]. The molecule has 0 atom stereocenters. The number of hydrogen-bond acceptors (Lipinski definition) is 8. The van der Waals surface area contributed by atoms with Gasteiger partial charge in [0.1, 0.15) is 0 Å². The van der Waals surface area contributed by atoms with Crippen molar-refractivity contribution >= 4 is 22.1 Å². The molecule has 0 bridgehead atoms. The zero-order chi connectivity index (χ0) is 24.2. The van der Waals surface area contributed by atoms with Crippen LogP contribution < -0.4 is 0 Å². The molecule has 2 aromatic carbocycles. The summed E-state index contributed by atoms with van der Waals surface area (Å²) in [5.41, 5.74) is 0.535. The number of carbonyl (C=O) groups excluding carboxylic acids is 2. The summed E-state index contributed by atoms with van der Waals surface area (Å²) in [5.74, 6) is -1.10. The maximum absolute atomic E-state index is 10.9. The number of benzene rings is 2. The van der Waals surface area contributed by atoms with Crippen molar-refractivity contribution < 1.29 is 71.1 Å². The Hall–Kier alpha value is -2.10. The van der Waals surface area contributed by atoms with Gasteiger partial charge in [0.15, 0.2) is 0 Å². The van der Waals surface area contributed by atoms with Gasteiger partial charge < -0.3 is 16.4 Å². The molecular weight excluding hydrogens is 510 g/mol. The van der Waals surface area contributed by atoms with Crippen LogP contribution in [0.1, 0.15) is 27.6 Å². The van der Waals surface area contributed by atoms with Gasteiger partial charge in [0, 0.05) is 0 Å². The van der Waals surface area contributed by atoms with Gasteiger partial charge in [0.05, 0.1) is 7.11 Å². The van der Waals surface area contributed by atoms with Gasteiger partial charge in [-0.3, -0.25) is 9.35 Å². The van der Waals surface area contributed by atoms with Crippen LogP contribution in [0.4, 0.5) is 0 Å². The Kier molecular flexibility index (Phi) is 21.9. The van der Waals surface area contributed by atoms with Gasteiger partial charge in [-0.2, -0.15) is 71.0 Å². The van der Waals surface area contributed by atoms with Crippen LogP contribution in [0.15, 0.2) is 47.4 Å². The third-order valence-electron chi connectivity index (χ3n) is 2.56. The second kappa shape index (κ2) is 20.2. The molecule has 1 N–H and O–H groups in total. The van der Waals surface area contributed by atoms with Crippen molar-refractivity contribution in [1.29, 1.82) is 0 Å². The van der Waals surface area contributed by atoms with Gasteiger partial charge >= 0.3 is 45.0 Å². The Balaban J connectivity index is -0.000000400. The summed E-state index contributed by atoms with van der Waals surface area (Å²) in [4.78, 5) is 21.2. The molecule has 0 saturated heterocycles. The first-order chi connectivity index (χ1) is 14.3. The van der Waals surface area contributed by atoms with Crippen molar-refractivity contribution in [3.05, 3.63) is 79.8 Å². The number of rotatable bonds is 3. The maximum atomic E-state index is 10.9. The monoisotopic (exact) mass is 528 g/mol. The molecule has 172 valence electrons. The van der Waals surface area contributed by atoms with E-state index in [0.29, 0.717) is 5.56 Å². The molecule has 0 aliphatic carbocycles. The first-order valence-electron chi connectivity index (χ1n) is 7.27. The average molecular weight is 528 g/mol. The average Bonchev–Trinajstić information content (AvgIpc) is 2.82. The van der Waals surface area contributed by atoms with E-state index in [1.54, 1.807) is 31.2 Å². The summed E-state index contributed by atoms with van der Waals surface area (Å²) in [6.07, 6.45) is 0. The molecule has 12 heteroatoms. The van der Waals surface area contributed by atoms with E-state index < -0.39 is 21.0 Å². The van der Waals surface area contributed by atoms with Crippen LogP contribution in [-0.4, -0.2) is 32.0 Å². The minimum absolute atomic E-state index is 0.0219. The molecule has 2 rings (SSSR count). The van der Waals surface area contributed by atoms with Crippen LogP contribution in [-0.2, 0) is 58.7 Å². The summed E-state index contributed by atoms with van der Waals surface area (Å²) >= 11 is 4.62. The Morgan fingerprint density at radius 2 is 1.43 bits per heavy atom. The van der Waals surface area contributed by atoms with E-state index in [4.69, 9.17) is 12.3 Å². The summed E-state index contributed by atoms with van der Waals surface area (Å²) in [6.45, 7) is 5.00. The predicted octanol–water partition coefficient (Wildman–Crippen LogP) is 2.55. The van der Waals surface area contributed by atoms with Gasteiger partial charge in [-0.15, -0.1) is 6.07 Å². The third-order valence-corrected chi connectivity index (χ3v) is 3.35. The van der Waals surface area contributed by atoms with Crippen molar-refractivity contribution in [1.82, 2.24) is 0 Å². The number of esters is 2. The van der Waals surface area contributed by atoms with E-state index in [0.717, 1.165) is 6.07 Å². The van der Waals surface area contributed by atoms with Gasteiger partial charge in [0.25, 0.3) is 16.1 Å². The molecule has 0 amide bonds. The molecule has 0 aromatic heterocycles. The fourth-order valence-corrected chi connectivity index (χ4v) is 1.94. The molecule has 9 nitrogen and oxygen atoms in total. The fraction of sp³-hybridized carbons (Fsp3) is 0.111. The number of carbonyl (C=O) groups is 2. The van der Waals surface area contributed by atoms with Crippen LogP contribution in [0.5, 0.6) is 0 Å². The Bertz CT molecular complexity index is 842. The molecule has 0 radical (unpaired) electrons. The number of ether oxygens (including phenoxy) is 2. The molecule has 30 heavy (non-hydrogen) atoms. The fourth-order valence-electron chi connectivity index (χ4n) is 1.44. The van der Waals surface area contributed by atoms with Crippen LogP contribution in [0.25, 0.3) is 0 Å². The predicted molar refractivity (Wildman–Crippen MR) is 94.9 cm³/mol. The minimum atomic E-state index is -4.35. The second-order valence-corrected chi connectivity index (χ2v) is 5.52. The summed E-state index contributed by atoms with van der Waals surface area (Å²) < 4.78 is 54.4. The summed E-state index contributed by atoms with van der Waals surface area (Å²) in [6, 6.07) is 15.2. The molecular formula is C18H18Co2O9S-4. The van der Waals surface area contributed by atoms with Crippen LogP contribution in [0.3, 0.4) is 0 Å². The Morgan fingerprint density at radius 3 is 1.83 bits per heavy atom. The number of methoxy groups -OCH3 is 1. The summed E-state index contributed by atoms with van der Waals surface area (Å²) in [7, 11) is -0.108. The van der Waals surface area contributed by atoms with E-state index in [9.17, 15) is 18.0 Å². The van der Waals surface area contributed by atoms with Gasteiger partial charge in [-0.25, -0.2) is 4.79 Å². The van der Waals surface area contributed by atoms with Crippen LogP contribution in [0.2, 0.25) is 0 Å². The zero-order valence-corrected chi connectivity index (χ0v) is 18.6. The van der Waals surface area contributed by atoms with Gasteiger partial charge in [-0.1, -0.05) is 5.56 Å². The molecule has 0 unspecified atom stereocenters. The van der Waals surface area contributed by atoms with Crippen LogP contribution in [0, 0.1) is 26.2 Å². The van der Waals surface area contributed by atoms with Gasteiger partial charge in [0.2, 0.25) is 0 Å². The topological polar surface area (TPSA) is 141 Å². The third kappa shape index (κ3) is 14.0. The van der Waals surface area contributed by atoms with E-state index >= 15 is 0 Å². The first kappa shape index (κ1) is 32.6. The first-order valence-corrected chi connectivity index (χ1v) is 9.56. The van der Waals surface area contributed by atoms with Crippen molar-refractivity contribution in [3.63, 3.8) is 0 Å². The second-order valence-electron chi connectivity index (χ2n) is 4.13. The van der Waals surface area contributed by atoms with Crippen molar-refractivity contribution in [3.8, 4) is 0 Å². The van der Waals surface area contributed by atoms with E-state index in [2.05, 4.69) is 67.0 Å².